The standard InChI is InChI=1S/C14H26N2O4S/c1-4-7-16(12-9-20-8-11(12)13(17)18)14(19)15-6-5-10(2)21-3/h10-12H,4-9H2,1-3H3,(H,15,19)(H,17,18). The number of carboxylic acids is 1. The van der Waals surface area contributed by atoms with Crippen molar-refractivity contribution in [2.45, 2.75) is 38.0 Å². The molecule has 1 rings (SSSR count). The van der Waals surface area contributed by atoms with E-state index in [0.29, 0.717) is 24.9 Å². The molecular formula is C14H26N2O4S. The molecule has 3 atom stereocenters. The number of thioether (sulfide) groups is 1. The number of nitrogens with one attached hydrogen (secondary N) is 1. The minimum absolute atomic E-state index is 0.178. The van der Waals surface area contributed by atoms with Gasteiger partial charge in [0.25, 0.3) is 0 Å². The van der Waals surface area contributed by atoms with E-state index in [2.05, 4.69) is 12.2 Å². The molecular weight excluding hydrogens is 292 g/mol. The first-order valence-corrected chi connectivity index (χ1v) is 8.67. The number of amides is 2. The van der Waals surface area contributed by atoms with Crippen LogP contribution in [0.4, 0.5) is 4.79 Å². The molecule has 6 nitrogen and oxygen atoms in total. The molecule has 0 spiro atoms. The van der Waals surface area contributed by atoms with E-state index in [-0.39, 0.29) is 18.7 Å². The van der Waals surface area contributed by atoms with Crippen LogP contribution in [0.15, 0.2) is 0 Å². The van der Waals surface area contributed by atoms with Crippen LogP contribution in [0.2, 0.25) is 0 Å². The quantitative estimate of drug-likeness (QED) is 0.711. The lowest BCUT2D eigenvalue weighted by Gasteiger charge is -2.30. The summed E-state index contributed by atoms with van der Waals surface area (Å²) in [6.07, 6.45) is 3.73. The van der Waals surface area contributed by atoms with Crippen molar-refractivity contribution >= 4 is 23.8 Å². The second-order valence-corrected chi connectivity index (χ2v) is 6.59. The zero-order valence-electron chi connectivity index (χ0n) is 13.0. The van der Waals surface area contributed by atoms with Gasteiger partial charge in [0.05, 0.1) is 19.3 Å². The Kier molecular flexibility index (Phi) is 7.88. The Morgan fingerprint density at radius 2 is 2.19 bits per heavy atom. The third-order valence-electron chi connectivity index (χ3n) is 3.72. The summed E-state index contributed by atoms with van der Waals surface area (Å²) in [7, 11) is 0. The Balaban J connectivity index is 2.59. The summed E-state index contributed by atoms with van der Waals surface area (Å²) in [4.78, 5) is 25.2. The van der Waals surface area contributed by atoms with Gasteiger partial charge >= 0.3 is 12.0 Å². The molecule has 7 heteroatoms. The minimum atomic E-state index is -0.901. The fraction of sp³-hybridized carbons (Fsp3) is 0.857. The number of aliphatic carboxylic acids is 1. The highest BCUT2D eigenvalue weighted by molar-refractivity contribution is 7.99. The molecule has 0 aromatic rings. The third-order valence-corrected chi connectivity index (χ3v) is 4.76. The van der Waals surface area contributed by atoms with Crippen molar-refractivity contribution < 1.29 is 19.4 Å². The molecule has 0 aromatic heterocycles. The number of ether oxygens (including phenoxy) is 1. The van der Waals surface area contributed by atoms with Crippen LogP contribution in [0, 0.1) is 5.92 Å². The van der Waals surface area contributed by atoms with Gasteiger partial charge in [-0.25, -0.2) is 4.79 Å². The SMILES string of the molecule is CCCN(C(=O)NCCC(C)SC)C1COCC1C(=O)O. The van der Waals surface area contributed by atoms with E-state index in [0.717, 1.165) is 12.8 Å². The molecule has 21 heavy (non-hydrogen) atoms. The van der Waals surface area contributed by atoms with Gasteiger partial charge in [-0.2, -0.15) is 11.8 Å². The fourth-order valence-corrected chi connectivity index (χ4v) is 2.70. The first-order valence-electron chi connectivity index (χ1n) is 7.39. The average molecular weight is 318 g/mol. The van der Waals surface area contributed by atoms with Gasteiger partial charge in [0.15, 0.2) is 0 Å². The predicted octanol–water partition coefficient (Wildman–Crippen LogP) is 1.65. The van der Waals surface area contributed by atoms with Gasteiger partial charge in [0.2, 0.25) is 0 Å². The first-order chi connectivity index (χ1) is 10.0. The Bertz CT molecular complexity index is 354. The summed E-state index contributed by atoms with van der Waals surface area (Å²) >= 11 is 1.76. The van der Waals surface area contributed by atoms with Crippen LogP contribution in [-0.4, -0.2) is 65.9 Å². The summed E-state index contributed by atoms with van der Waals surface area (Å²) in [6.45, 7) is 5.71. The van der Waals surface area contributed by atoms with E-state index in [1.165, 1.54) is 0 Å². The second-order valence-electron chi connectivity index (χ2n) is 5.31. The largest absolute Gasteiger partial charge is 0.481 e. The van der Waals surface area contributed by atoms with Gasteiger partial charge in [-0.3, -0.25) is 4.79 Å². The van der Waals surface area contributed by atoms with Gasteiger partial charge in [0, 0.05) is 18.3 Å². The van der Waals surface area contributed by atoms with E-state index in [9.17, 15) is 14.7 Å². The van der Waals surface area contributed by atoms with Crippen molar-refractivity contribution in [1.82, 2.24) is 10.2 Å². The average Bonchev–Trinajstić information content (AvgIpc) is 2.93. The number of nitrogens with zero attached hydrogens (tertiary/aromatic N) is 1. The van der Waals surface area contributed by atoms with Crippen molar-refractivity contribution in [1.29, 1.82) is 0 Å². The monoisotopic (exact) mass is 318 g/mol. The molecule has 1 aliphatic rings. The number of carboxylic acid groups (broad SMARTS) is 1. The summed E-state index contributed by atoms with van der Waals surface area (Å²) in [6, 6.07) is -0.563. The predicted molar refractivity (Wildman–Crippen MR) is 83.7 cm³/mol. The van der Waals surface area contributed by atoms with E-state index < -0.39 is 11.9 Å². The normalized spacial score (nSPS) is 22.8. The van der Waals surface area contributed by atoms with Crippen molar-refractivity contribution in [3.05, 3.63) is 0 Å². The van der Waals surface area contributed by atoms with Crippen LogP contribution in [0.1, 0.15) is 26.7 Å². The van der Waals surface area contributed by atoms with Crippen molar-refractivity contribution in [3.8, 4) is 0 Å². The van der Waals surface area contributed by atoms with Gasteiger partial charge in [-0.15, -0.1) is 0 Å². The van der Waals surface area contributed by atoms with Crippen molar-refractivity contribution in [2.24, 2.45) is 5.92 Å². The third kappa shape index (κ3) is 5.39. The fourth-order valence-electron chi connectivity index (χ4n) is 2.35. The number of rotatable bonds is 8. The molecule has 1 fully saturated rings. The van der Waals surface area contributed by atoms with E-state index >= 15 is 0 Å². The number of hydrogen-bond donors (Lipinski definition) is 2. The second kappa shape index (κ2) is 9.15. The Morgan fingerprint density at radius 3 is 2.76 bits per heavy atom. The molecule has 1 heterocycles. The van der Waals surface area contributed by atoms with E-state index in [4.69, 9.17) is 4.74 Å². The molecule has 0 aliphatic carbocycles. The Labute approximate surface area is 130 Å². The van der Waals surface area contributed by atoms with Crippen LogP contribution in [0.5, 0.6) is 0 Å². The highest BCUT2D eigenvalue weighted by Crippen LogP contribution is 2.20. The maximum Gasteiger partial charge on any atom is 0.317 e. The van der Waals surface area contributed by atoms with Crippen LogP contribution in [0.3, 0.4) is 0 Å². The number of carbonyl (C=O) groups excluding carboxylic acids is 1. The zero-order chi connectivity index (χ0) is 15.8. The lowest BCUT2D eigenvalue weighted by Crippen LogP contribution is -2.51. The van der Waals surface area contributed by atoms with Gasteiger partial charge in [-0.1, -0.05) is 13.8 Å². The molecule has 122 valence electrons. The maximum absolute atomic E-state index is 12.3. The van der Waals surface area contributed by atoms with Crippen molar-refractivity contribution in [3.63, 3.8) is 0 Å². The highest BCUT2D eigenvalue weighted by atomic mass is 32.2. The van der Waals surface area contributed by atoms with Crippen LogP contribution < -0.4 is 5.32 Å². The number of hydrogen-bond acceptors (Lipinski definition) is 4. The molecule has 0 saturated carbocycles. The van der Waals surface area contributed by atoms with E-state index in [1.807, 2.05) is 13.2 Å². The smallest absolute Gasteiger partial charge is 0.317 e. The molecule has 3 unspecified atom stereocenters. The zero-order valence-corrected chi connectivity index (χ0v) is 13.8. The van der Waals surface area contributed by atoms with Gasteiger partial charge in [0.1, 0.15) is 5.92 Å². The molecule has 1 aliphatic heterocycles. The van der Waals surface area contributed by atoms with Crippen molar-refractivity contribution in [2.75, 3.05) is 32.6 Å². The summed E-state index contributed by atoms with van der Waals surface area (Å²) in [5.74, 6) is -1.53. The molecule has 1 saturated heterocycles. The minimum Gasteiger partial charge on any atom is -0.481 e. The Morgan fingerprint density at radius 1 is 1.48 bits per heavy atom. The molecule has 2 amide bonds. The lowest BCUT2D eigenvalue weighted by molar-refractivity contribution is -0.142. The summed E-state index contributed by atoms with van der Waals surface area (Å²) < 4.78 is 5.26. The summed E-state index contributed by atoms with van der Waals surface area (Å²) in [5.41, 5.74) is 0. The van der Waals surface area contributed by atoms with Gasteiger partial charge < -0.3 is 20.1 Å². The Hall–Kier alpha value is -0.950. The lowest BCUT2D eigenvalue weighted by atomic mass is 10.0. The number of urea groups is 1. The van der Waals surface area contributed by atoms with Crippen LogP contribution in [-0.2, 0) is 9.53 Å². The maximum atomic E-state index is 12.3. The number of carbonyl (C=O) groups is 2. The molecule has 0 radical (unpaired) electrons. The van der Waals surface area contributed by atoms with E-state index in [1.54, 1.807) is 16.7 Å². The topological polar surface area (TPSA) is 78.9 Å². The first kappa shape index (κ1) is 18.1. The highest BCUT2D eigenvalue weighted by Gasteiger charge is 2.39. The van der Waals surface area contributed by atoms with Crippen LogP contribution >= 0.6 is 11.8 Å². The molecule has 0 aromatic carbocycles. The van der Waals surface area contributed by atoms with Crippen LogP contribution in [0.25, 0.3) is 0 Å². The van der Waals surface area contributed by atoms with Gasteiger partial charge in [-0.05, 0) is 19.1 Å². The molecule has 0 bridgehead atoms. The molecule has 2 N–H and O–H groups in total. The summed E-state index contributed by atoms with van der Waals surface area (Å²) in [5, 5.41) is 12.6.